The standard InChI is InChI=1S/C20H21FN4O3S/c1-20(2)8-13-16(14(26)9-20)17(11-4-6-12(21)7-5-11)25-18(22-13)23-19(24-25)29-10-15(27)28-3/h4-8,16-17H,9-10H2,1-3H3,(H,22,23,24)/t16-,17-/m0/s1. The molecule has 0 unspecified atom stereocenters. The van der Waals surface area contributed by atoms with Crippen molar-refractivity contribution in [1.29, 1.82) is 0 Å². The van der Waals surface area contributed by atoms with Crippen molar-refractivity contribution in [2.24, 2.45) is 11.3 Å². The highest BCUT2D eigenvalue weighted by molar-refractivity contribution is 7.99. The fraction of sp³-hybridized carbons (Fsp3) is 0.400. The van der Waals surface area contributed by atoms with Crippen LogP contribution >= 0.6 is 11.8 Å². The molecule has 1 aliphatic heterocycles. The van der Waals surface area contributed by atoms with Gasteiger partial charge in [-0.2, -0.15) is 4.98 Å². The molecule has 1 aromatic carbocycles. The number of carbonyl (C=O) groups is 2. The number of esters is 1. The summed E-state index contributed by atoms with van der Waals surface area (Å²) in [7, 11) is 1.32. The molecule has 2 atom stereocenters. The van der Waals surface area contributed by atoms with Crippen LogP contribution in [0.15, 0.2) is 41.2 Å². The Labute approximate surface area is 171 Å². The molecule has 7 nitrogen and oxygen atoms in total. The van der Waals surface area contributed by atoms with Crippen LogP contribution in [0.4, 0.5) is 10.3 Å². The third kappa shape index (κ3) is 3.78. The van der Waals surface area contributed by atoms with Gasteiger partial charge < -0.3 is 10.1 Å². The Morgan fingerprint density at radius 1 is 1.38 bits per heavy atom. The van der Waals surface area contributed by atoms with Crippen molar-refractivity contribution in [3.8, 4) is 0 Å². The Balaban J connectivity index is 1.78. The van der Waals surface area contributed by atoms with Crippen molar-refractivity contribution in [1.82, 2.24) is 14.8 Å². The van der Waals surface area contributed by atoms with Crippen LogP contribution in [-0.2, 0) is 14.3 Å². The first kappa shape index (κ1) is 19.6. The zero-order valence-electron chi connectivity index (χ0n) is 16.3. The summed E-state index contributed by atoms with van der Waals surface area (Å²) in [5.41, 5.74) is 1.28. The van der Waals surface area contributed by atoms with Gasteiger partial charge in [0.25, 0.3) is 0 Å². The number of anilines is 1. The first-order valence-electron chi connectivity index (χ1n) is 9.21. The lowest BCUT2D eigenvalue weighted by molar-refractivity contribution is -0.137. The molecule has 1 aliphatic carbocycles. The number of nitrogens with zero attached hydrogens (tertiary/aromatic N) is 3. The van der Waals surface area contributed by atoms with Crippen LogP contribution in [0.25, 0.3) is 0 Å². The van der Waals surface area contributed by atoms with E-state index in [-0.39, 0.29) is 28.7 Å². The molecule has 152 valence electrons. The van der Waals surface area contributed by atoms with Crippen LogP contribution in [-0.4, -0.2) is 39.4 Å². The normalized spacial score (nSPS) is 22.2. The summed E-state index contributed by atoms with van der Waals surface area (Å²) in [5, 5.41) is 8.17. The first-order valence-corrected chi connectivity index (χ1v) is 10.2. The van der Waals surface area contributed by atoms with Crippen molar-refractivity contribution in [2.75, 3.05) is 18.2 Å². The molecule has 0 radical (unpaired) electrons. The summed E-state index contributed by atoms with van der Waals surface area (Å²) in [6.45, 7) is 4.03. The van der Waals surface area contributed by atoms with E-state index in [0.717, 1.165) is 23.0 Å². The molecule has 29 heavy (non-hydrogen) atoms. The Bertz CT molecular complexity index is 1000. The molecule has 0 fully saturated rings. The van der Waals surface area contributed by atoms with Gasteiger partial charge >= 0.3 is 5.97 Å². The molecule has 0 bridgehead atoms. The number of thioether (sulfide) groups is 1. The molecular weight excluding hydrogens is 395 g/mol. The topological polar surface area (TPSA) is 86.1 Å². The summed E-state index contributed by atoms with van der Waals surface area (Å²) in [6, 6.07) is 5.65. The molecule has 2 heterocycles. The number of Topliss-reactive ketones (excluding diaryl/α,β-unsaturated/α-hetero) is 1. The molecule has 9 heteroatoms. The van der Waals surface area contributed by atoms with E-state index >= 15 is 0 Å². The van der Waals surface area contributed by atoms with Gasteiger partial charge in [0, 0.05) is 12.1 Å². The number of ketones is 1. The molecule has 4 rings (SSSR count). The molecular formula is C20H21FN4O3S. The molecule has 0 saturated carbocycles. The lowest BCUT2D eigenvalue weighted by Crippen LogP contribution is -2.42. The number of hydrogen-bond donors (Lipinski definition) is 1. The lowest BCUT2D eigenvalue weighted by atomic mass is 9.72. The van der Waals surface area contributed by atoms with Gasteiger partial charge in [-0.05, 0) is 23.1 Å². The molecule has 0 spiro atoms. The van der Waals surface area contributed by atoms with Crippen LogP contribution in [0.3, 0.4) is 0 Å². The average Bonchev–Trinajstić information content (AvgIpc) is 3.06. The van der Waals surface area contributed by atoms with E-state index in [1.165, 1.54) is 19.2 Å². The van der Waals surface area contributed by atoms with E-state index < -0.39 is 12.0 Å². The predicted octanol–water partition coefficient (Wildman–Crippen LogP) is 3.20. The van der Waals surface area contributed by atoms with Crippen LogP contribution in [0.1, 0.15) is 31.9 Å². The third-order valence-corrected chi connectivity index (χ3v) is 5.87. The lowest BCUT2D eigenvalue weighted by Gasteiger charge is -2.40. The number of methoxy groups -OCH3 is 1. The number of hydrogen-bond acceptors (Lipinski definition) is 7. The van der Waals surface area contributed by atoms with E-state index in [2.05, 4.69) is 26.2 Å². The maximum absolute atomic E-state index is 13.5. The zero-order chi connectivity index (χ0) is 20.8. The van der Waals surface area contributed by atoms with Crippen LogP contribution < -0.4 is 5.32 Å². The van der Waals surface area contributed by atoms with Crippen LogP contribution in [0, 0.1) is 17.2 Å². The van der Waals surface area contributed by atoms with E-state index in [1.54, 1.807) is 16.8 Å². The van der Waals surface area contributed by atoms with E-state index in [4.69, 9.17) is 0 Å². The molecule has 1 aromatic heterocycles. The number of nitrogens with one attached hydrogen (secondary N) is 1. The number of benzene rings is 1. The molecule has 0 amide bonds. The van der Waals surface area contributed by atoms with Crippen molar-refractivity contribution < 1.29 is 18.7 Å². The summed E-state index contributed by atoms with van der Waals surface area (Å²) in [4.78, 5) is 29.0. The van der Waals surface area contributed by atoms with E-state index in [1.807, 2.05) is 13.8 Å². The van der Waals surface area contributed by atoms with Crippen molar-refractivity contribution in [2.45, 2.75) is 31.5 Å². The van der Waals surface area contributed by atoms with Gasteiger partial charge in [-0.1, -0.05) is 43.8 Å². The van der Waals surface area contributed by atoms with Crippen LogP contribution in [0.2, 0.25) is 0 Å². The number of fused-ring (bicyclic) bond motifs is 2. The minimum absolute atomic E-state index is 0.0826. The van der Waals surface area contributed by atoms with Gasteiger partial charge in [-0.25, -0.2) is 9.07 Å². The largest absolute Gasteiger partial charge is 0.468 e. The minimum atomic E-state index is -0.457. The summed E-state index contributed by atoms with van der Waals surface area (Å²) in [5.74, 6) is -0.513. The maximum atomic E-state index is 13.5. The fourth-order valence-corrected chi connectivity index (χ4v) is 4.51. The highest BCUT2D eigenvalue weighted by atomic mass is 32.2. The van der Waals surface area contributed by atoms with Crippen molar-refractivity contribution >= 4 is 29.5 Å². The number of aromatic nitrogens is 3. The van der Waals surface area contributed by atoms with Crippen LogP contribution in [0.5, 0.6) is 0 Å². The monoisotopic (exact) mass is 416 g/mol. The average molecular weight is 416 g/mol. The predicted molar refractivity (Wildman–Crippen MR) is 106 cm³/mol. The smallest absolute Gasteiger partial charge is 0.316 e. The SMILES string of the molecule is COC(=O)CSc1nc2n(n1)[C@@H](c1ccc(F)cc1)[C@@H]1C(=O)CC(C)(C)C=C1N2. The Hall–Kier alpha value is -2.68. The van der Waals surface area contributed by atoms with Crippen molar-refractivity contribution in [3.63, 3.8) is 0 Å². The zero-order valence-corrected chi connectivity index (χ0v) is 17.1. The molecule has 2 aliphatic rings. The van der Waals surface area contributed by atoms with Gasteiger partial charge in [0.05, 0.1) is 24.8 Å². The van der Waals surface area contributed by atoms with Gasteiger partial charge in [-0.3, -0.25) is 9.59 Å². The first-order chi connectivity index (χ1) is 13.8. The number of rotatable bonds is 4. The Morgan fingerprint density at radius 2 is 2.10 bits per heavy atom. The Morgan fingerprint density at radius 3 is 2.79 bits per heavy atom. The van der Waals surface area contributed by atoms with Gasteiger partial charge in [0.15, 0.2) is 0 Å². The van der Waals surface area contributed by atoms with Gasteiger partial charge in [-0.15, -0.1) is 5.10 Å². The summed E-state index contributed by atoms with van der Waals surface area (Å²) < 4.78 is 19.8. The number of allylic oxidation sites excluding steroid dienone is 2. The van der Waals surface area contributed by atoms with Crippen molar-refractivity contribution in [3.05, 3.63) is 47.4 Å². The van der Waals surface area contributed by atoms with Gasteiger partial charge in [0.1, 0.15) is 11.6 Å². The fourth-order valence-electron chi connectivity index (χ4n) is 3.84. The maximum Gasteiger partial charge on any atom is 0.316 e. The highest BCUT2D eigenvalue weighted by Gasteiger charge is 2.45. The minimum Gasteiger partial charge on any atom is -0.468 e. The quantitative estimate of drug-likeness (QED) is 0.605. The van der Waals surface area contributed by atoms with Gasteiger partial charge in [0.2, 0.25) is 11.1 Å². The highest BCUT2D eigenvalue weighted by Crippen LogP contribution is 2.45. The second kappa shape index (κ2) is 7.29. The molecule has 1 N–H and O–H groups in total. The van der Waals surface area contributed by atoms with E-state index in [0.29, 0.717) is 17.5 Å². The number of ether oxygens (including phenoxy) is 1. The van der Waals surface area contributed by atoms with E-state index in [9.17, 15) is 14.0 Å². The second-order valence-corrected chi connectivity index (χ2v) is 8.80. The number of halogens is 1. The Kier molecular flexibility index (Phi) is 4.94. The molecule has 2 aromatic rings. The summed E-state index contributed by atoms with van der Waals surface area (Å²) in [6.07, 6.45) is 2.48. The second-order valence-electron chi connectivity index (χ2n) is 7.86. The number of carbonyl (C=O) groups excluding carboxylic acids is 2. The molecule has 0 saturated heterocycles. The third-order valence-electron chi connectivity index (χ3n) is 5.06. The summed E-state index contributed by atoms with van der Waals surface area (Å²) >= 11 is 1.16.